The molecule has 3 N–H and O–H groups in total. The molecule has 1 atom stereocenters. The van der Waals surface area contributed by atoms with Gasteiger partial charge in [0.25, 0.3) is 5.91 Å². The third kappa shape index (κ3) is 4.31. The molecular formula is C17H14INO5. The SMILES string of the molecule is O=C(O)c1ccccc1C(=O)NCC(C(=O)O)c1ccc(I)cc1. The van der Waals surface area contributed by atoms with Gasteiger partial charge in [-0.1, -0.05) is 24.3 Å². The summed E-state index contributed by atoms with van der Waals surface area (Å²) >= 11 is 2.11. The summed E-state index contributed by atoms with van der Waals surface area (Å²) in [5, 5.41) is 21.0. The van der Waals surface area contributed by atoms with E-state index in [1.807, 2.05) is 0 Å². The zero-order valence-electron chi connectivity index (χ0n) is 12.4. The number of carboxylic acids is 2. The molecular weight excluding hydrogens is 425 g/mol. The van der Waals surface area contributed by atoms with Gasteiger partial charge in [0.2, 0.25) is 0 Å². The highest BCUT2D eigenvalue weighted by molar-refractivity contribution is 14.1. The van der Waals surface area contributed by atoms with Crippen molar-refractivity contribution in [3.63, 3.8) is 0 Å². The maximum Gasteiger partial charge on any atom is 0.336 e. The lowest BCUT2D eigenvalue weighted by molar-refractivity contribution is -0.138. The molecule has 2 aromatic rings. The van der Waals surface area contributed by atoms with E-state index in [-0.39, 0.29) is 17.7 Å². The Morgan fingerprint density at radius 2 is 1.54 bits per heavy atom. The van der Waals surface area contributed by atoms with Gasteiger partial charge in [0.15, 0.2) is 0 Å². The molecule has 0 aromatic heterocycles. The van der Waals surface area contributed by atoms with Gasteiger partial charge in [0.05, 0.1) is 17.0 Å². The third-order valence-electron chi connectivity index (χ3n) is 3.44. The zero-order valence-corrected chi connectivity index (χ0v) is 14.6. The molecule has 1 amide bonds. The Bertz CT molecular complexity index is 773. The second-order valence-electron chi connectivity index (χ2n) is 5.00. The highest BCUT2D eigenvalue weighted by atomic mass is 127. The number of carbonyl (C=O) groups excluding carboxylic acids is 1. The van der Waals surface area contributed by atoms with Crippen LogP contribution in [-0.2, 0) is 4.79 Å². The van der Waals surface area contributed by atoms with E-state index >= 15 is 0 Å². The van der Waals surface area contributed by atoms with E-state index in [9.17, 15) is 19.5 Å². The van der Waals surface area contributed by atoms with E-state index in [1.54, 1.807) is 30.3 Å². The van der Waals surface area contributed by atoms with Crippen molar-refractivity contribution < 1.29 is 24.6 Å². The summed E-state index contributed by atoms with van der Waals surface area (Å²) in [6.07, 6.45) is 0. The molecule has 7 heteroatoms. The van der Waals surface area contributed by atoms with E-state index in [2.05, 4.69) is 27.9 Å². The topological polar surface area (TPSA) is 104 Å². The second kappa shape index (κ2) is 7.91. The van der Waals surface area contributed by atoms with Crippen LogP contribution in [0, 0.1) is 3.57 Å². The lowest BCUT2D eigenvalue weighted by Crippen LogP contribution is -2.32. The molecule has 0 heterocycles. The Labute approximate surface area is 151 Å². The fourth-order valence-electron chi connectivity index (χ4n) is 2.20. The predicted molar refractivity (Wildman–Crippen MR) is 95.3 cm³/mol. The van der Waals surface area contributed by atoms with Crippen LogP contribution in [0.15, 0.2) is 48.5 Å². The minimum atomic E-state index is -1.21. The molecule has 2 aromatic carbocycles. The van der Waals surface area contributed by atoms with Gasteiger partial charge in [0.1, 0.15) is 0 Å². The molecule has 0 bridgehead atoms. The predicted octanol–water partition coefficient (Wildman–Crippen LogP) is 2.59. The molecule has 0 saturated carbocycles. The minimum absolute atomic E-state index is 0.00301. The van der Waals surface area contributed by atoms with Crippen molar-refractivity contribution in [3.05, 3.63) is 68.8 Å². The fourth-order valence-corrected chi connectivity index (χ4v) is 2.56. The smallest absolute Gasteiger partial charge is 0.336 e. The lowest BCUT2D eigenvalue weighted by atomic mass is 9.99. The number of nitrogens with one attached hydrogen (secondary N) is 1. The average molecular weight is 439 g/mol. The number of carbonyl (C=O) groups is 3. The van der Waals surface area contributed by atoms with Crippen molar-refractivity contribution in [2.45, 2.75) is 5.92 Å². The molecule has 0 saturated heterocycles. The van der Waals surface area contributed by atoms with Gasteiger partial charge in [0, 0.05) is 10.1 Å². The van der Waals surface area contributed by atoms with Gasteiger partial charge >= 0.3 is 11.9 Å². The van der Waals surface area contributed by atoms with Crippen LogP contribution < -0.4 is 5.32 Å². The standard InChI is InChI=1S/C17H14INO5/c18-11-7-5-10(6-8-11)14(17(23)24)9-19-15(20)12-3-1-2-4-13(12)16(21)22/h1-8,14H,9H2,(H,19,20)(H,21,22)(H,23,24). The molecule has 0 radical (unpaired) electrons. The van der Waals surface area contributed by atoms with E-state index in [0.717, 1.165) is 3.57 Å². The van der Waals surface area contributed by atoms with Crippen LogP contribution in [-0.4, -0.2) is 34.6 Å². The van der Waals surface area contributed by atoms with Gasteiger partial charge in [-0.2, -0.15) is 0 Å². The van der Waals surface area contributed by atoms with Crippen LogP contribution in [0.1, 0.15) is 32.2 Å². The van der Waals surface area contributed by atoms with Gasteiger partial charge in [-0.25, -0.2) is 4.79 Å². The molecule has 0 aliphatic carbocycles. The molecule has 0 aliphatic heterocycles. The van der Waals surface area contributed by atoms with Crippen LogP contribution in [0.2, 0.25) is 0 Å². The minimum Gasteiger partial charge on any atom is -0.481 e. The molecule has 1 unspecified atom stereocenters. The number of carboxylic acid groups (broad SMARTS) is 2. The van der Waals surface area contributed by atoms with Crippen LogP contribution in [0.3, 0.4) is 0 Å². The summed E-state index contributed by atoms with van der Waals surface area (Å²) in [5.41, 5.74) is 0.433. The zero-order chi connectivity index (χ0) is 17.7. The molecule has 2 rings (SSSR count). The van der Waals surface area contributed by atoms with E-state index < -0.39 is 23.8 Å². The average Bonchev–Trinajstić information content (AvgIpc) is 2.56. The van der Waals surface area contributed by atoms with Crippen molar-refractivity contribution in [1.82, 2.24) is 5.32 Å². The second-order valence-corrected chi connectivity index (χ2v) is 6.25. The molecule has 0 aliphatic rings. The molecule has 0 fully saturated rings. The number of hydrogen-bond donors (Lipinski definition) is 3. The third-order valence-corrected chi connectivity index (χ3v) is 4.16. The number of aromatic carboxylic acids is 1. The first kappa shape index (κ1) is 17.9. The molecule has 124 valence electrons. The highest BCUT2D eigenvalue weighted by Gasteiger charge is 2.22. The first-order valence-electron chi connectivity index (χ1n) is 6.99. The Balaban J connectivity index is 2.15. The maximum atomic E-state index is 12.2. The van der Waals surface area contributed by atoms with Gasteiger partial charge in [-0.05, 0) is 52.4 Å². The number of aliphatic carboxylic acids is 1. The van der Waals surface area contributed by atoms with Gasteiger partial charge in [-0.3, -0.25) is 9.59 Å². The number of benzene rings is 2. The van der Waals surface area contributed by atoms with Crippen molar-refractivity contribution in [2.75, 3.05) is 6.54 Å². The quantitative estimate of drug-likeness (QED) is 0.601. The molecule has 6 nitrogen and oxygen atoms in total. The Morgan fingerprint density at radius 1 is 0.958 bits per heavy atom. The van der Waals surface area contributed by atoms with Gasteiger partial charge in [-0.15, -0.1) is 0 Å². The fraction of sp³-hybridized carbons (Fsp3) is 0.118. The first-order chi connectivity index (χ1) is 11.4. The number of amides is 1. The number of rotatable bonds is 6. The van der Waals surface area contributed by atoms with Crippen molar-refractivity contribution in [3.8, 4) is 0 Å². The molecule has 24 heavy (non-hydrogen) atoms. The summed E-state index contributed by atoms with van der Waals surface area (Å²) in [6.45, 7) is -0.136. The lowest BCUT2D eigenvalue weighted by Gasteiger charge is -2.14. The largest absolute Gasteiger partial charge is 0.481 e. The Morgan fingerprint density at radius 3 is 2.08 bits per heavy atom. The van der Waals surface area contributed by atoms with Crippen molar-refractivity contribution in [2.24, 2.45) is 0 Å². The number of halogens is 1. The van der Waals surface area contributed by atoms with Crippen LogP contribution in [0.4, 0.5) is 0 Å². The summed E-state index contributed by atoms with van der Waals surface area (Å²) in [7, 11) is 0. The highest BCUT2D eigenvalue weighted by Crippen LogP contribution is 2.18. The Hall–Kier alpha value is -2.42. The van der Waals surface area contributed by atoms with Crippen molar-refractivity contribution >= 4 is 40.4 Å². The Kier molecular flexibility index (Phi) is 5.91. The first-order valence-corrected chi connectivity index (χ1v) is 8.07. The van der Waals surface area contributed by atoms with Crippen molar-refractivity contribution in [1.29, 1.82) is 0 Å². The van der Waals surface area contributed by atoms with Crippen LogP contribution in [0.5, 0.6) is 0 Å². The summed E-state index contributed by atoms with van der Waals surface area (Å²) in [5.74, 6) is -3.82. The maximum absolute atomic E-state index is 12.2. The normalized spacial score (nSPS) is 11.5. The summed E-state index contributed by atoms with van der Waals surface area (Å²) in [4.78, 5) is 34.8. The number of hydrogen-bond acceptors (Lipinski definition) is 3. The van der Waals surface area contributed by atoms with Crippen LogP contribution in [0.25, 0.3) is 0 Å². The van der Waals surface area contributed by atoms with Gasteiger partial charge < -0.3 is 15.5 Å². The van der Waals surface area contributed by atoms with Crippen LogP contribution >= 0.6 is 22.6 Å². The van der Waals surface area contributed by atoms with E-state index in [4.69, 9.17) is 5.11 Å². The molecule has 0 spiro atoms. The monoisotopic (exact) mass is 439 g/mol. The summed E-state index contributed by atoms with van der Waals surface area (Å²) < 4.78 is 0.972. The van der Waals surface area contributed by atoms with E-state index in [0.29, 0.717) is 5.56 Å². The van der Waals surface area contributed by atoms with E-state index in [1.165, 1.54) is 18.2 Å². The summed E-state index contributed by atoms with van der Waals surface area (Å²) in [6, 6.07) is 12.7.